The van der Waals surface area contributed by atoms with Gasteiger partial charge in [0, 0.05) is 22.7 Å². The van der Waals surface area contributed by atoms with Crippen LogP contribution in [-0.2, 0) is 0 Å². The molecule has 0 aromatic heterocycles. The molecule has 1 aromatic carbocycles. The van der Waals surface area contributed by atoms with Gasteiger partial charge in [0.05, 0.1) is 0 Å². The van der Waals surface area contributed by atoms with E-state index in [2.05, 4.69) is 5.32 Å². The molecular formula is C11H14ClNO2. The van der Waals surface area contributed by atoms with Crippen LogP contribution in [0.4, 0.5) is 0 Å². The summed E-state index contributed by atoms with van der Waals surface area (Å²) in [4.78, 5) is 0. The van der Waals surface area contributed by atoms with Gasteiger partial charge < -0.3 is 15.5 Å². The molecule has 4 heteroatoms. The summed E-state index contributed by atoms with van der Waals surface area (Å²) in [6, 6.07) is 1.49. The average molecular weight is 228 g/mol. The second kappa shape index (κ2) is 3.91. The van der Waals surface area contributed by atoms with Gasteiger partial charge in [-0.1, -0.05) is 11.6 Å². The van der Waals surface area contributed by atoms with Gasteiger partial charge in [0.25, 0.3) is 0 Å². The van der Waals surface area contributed by atoms with Crippen molar-refractivity contribution in [2.75, 3.05) is 6.54 Å². The minimum absolute atomic E-state index is 0.0451. The van der Waals surface area contributed by atoms with Gasteiger partial charge >= 0.3 is 0 Å². The van der Waals surface area contributed by atoms with Crippen molar-refractivity contribution in [3.05, 3.63) is 22.2 Å². The van der Waals surface area contributed by atoms with Crippen LogP contribution in [0.5, 0.6) is 11.5 Å². The lowest BCUT2D eigenvalue weighted by molar-refractivity contribution is 0.393. The fourth-order valence-corrected chi connectivity index (χ4v) is 2.30. The molecule has 1 atom stereocenters. The van der Waals surface area contributed by atoms with Crippen LogP contribution in [-0.4, -0.2) is 16.8 Å². The molecule has 3 nitrogen and oxygen atoms in total. The molecule has 1 aromatic rings. The third-order valence-electron chi connectivity index (χ3n) is 2.93. The highest BCUT2D eigenvalue weighted by Gasteiger charge is 2.24. The molecule has 2 rings (SSSR count). The van der Waals surface area contributed by atoms with Crippen molar-refractivity contribution in [2.24, 2.45) is 0 Å². The maximum atomic E-state index is 9.81. The van der Waals surface area contributed by atoms with Crippen molar-refractivity contribution >= 4 is 11.6 Å². The van der Waals surface area contributed by atoms with Crippen LogP contribution >= 0.6 is 11.6 Å². The summed E-state index contributed by atoms with van der Waals surface area (Å²) in [6.07, 6.45) is 2.05. The Morgan fingerprint density at radius 2 is 2.20 bits per heavy atom. The van der Waals surface area contributed by atoms with Crippen LogP contribution in [0.2, 0.25) is 5.02 Å². The molecule has 1 unspecified atom stereocenters. The van der Waals surface area contributed by atoms with Crippen LogP contribution < -0.4 is 5.32 Å². The molecule has 0 aliphatic carbocycles. The van der Waals surface area contributed by atoms with E-state index in [1.165, 1.54) is 6.07 Å². The first-order chi connectivity index (χ1) is 7.11. The number of aromatic hydroxyl groups is 2. The van der Waals surface area contributed by atoms with E-state index in [1.54, 1.807) is 0 Å². The Bertz CT molecular complexity index is 360. The van der Waals surface area contributed by atoms with Crippen LogP contribution in [0, 0.1) is 6.92 Å². The zero-order chi connectivity index (χ0) is 11.0. The number of halogens is 1. The standard InChI is InChI=1S/C11H14ClNO2/c1-6-7(12)5-9(14)11(15)10(6)8-3-2-4-13-8/h5,8,13-15H,2-4H2,1H3. The molecule has 0 saturated carbocycles. The number of hydrogen-bond acceptors (Lipinski definition) is 3. The molecule has 0 radical (unpaired) electrons. The molecule has 1 fully saturated rings. The summed E-state index contributed by atoms with van der Waals surface area (Å²) in [6.45, 7) is 2.80. The second-order valence-electron chi connectivity index (χ2n) is 3.91. The predicted molar refractivity (Wildman–Crippen MR) is 59.5 cm³/mol. The van der Waals surface area contributed by atoms with Gasteiger partial charge in [-0.25, -0.2) is 0 Å². The van der Waals surface area contributed by atoms with Crippen molar-refractivity contribution in [3.63, 3.8) is 0 Å². The highest BCUT2D eigenvalue weighted by molar-refractivity contribution is 6.31. The summed E-state index contributed by atoms with van der Waals surface area (Å²) in [7, 11) is 0. The van der Waals surface area contributed by atoms with E-state index >= 15 is 0 Å². The third-order valence-corrected chi connectivity index (χ3v) is 3.32. The Morgan fingerprint density at radius 3 is 2.80 bits per heavy atom. The summed E-state index contributed by atoms with van der Waals surface area (Å²) in [5.74, 6) is -0.189. The highest BCUT2D eigenvalue weighted by atomic mass is 35.5. The van der Waals surface area contributed by atoms with Crippen LogP contribution in [0.3, 0.4) is 0 Å². The van der Waals surface area contributed by atoms with Crippen molar-refractivity contribution in [2.45, 2.75) is 25.8 Å². The Balaban J connectivity index is 2.52. The van der Waals surface area contributed by atoms with Gasteiger partial charge in [0.2, 0.25) is 0 Å². The number of benzene rings is 1. The predicted octanol–water partition coefficient (Wildman–Crippen LogP) is 2.48. The van der Waals surface area contributed by atoms with E-state index in [9.17, 15) is 10.2 Å². The second-order valence-corrected chi connectivity index (χ2v) is 4.32. The first-order valence-electron chi connectivity index (χ1n) is 5.05. The quantitative estimate of drug-likeness (QED) is 0.646. The highest BCUT2D eigenvalue weighted by Crippen LogP contribution is 2.41. The molecule has 0 amide bonds. The van der Waals surface area contributed by atoms with Gasteiger partial charge in [-0.05, 0) is 31.9 Å². The first kappa shape index (κ1) is 10.6. The molecule has 1 aliphatic rings. The zero-order valence-corrected chi connectivity index (χ0v) is 9.30. The molecule has 3 N–H and O–H groups in total. The average Bonchev–Trinajstić information content (AvgIpc) is 2.69. The first-order valence-corrected chi connectivity index (χ1v) is 5.43. The number of phenolic OH excluding ortho intramolecular Hbond substituents is 2. The van der Waals surface area contributed by atoms with Gasteiger partial charge in [0.1, 0.15) is 0 Å². The molecule has 1 aliphatic heterocycles. The topological polar surface area (TPSA) is 52.5 Å². The summed E-state index contributed by atoms with van der Waals surface area (Å²) < 4.78 is 0. The van der Waals surface area contributed by atoms with E-state index in [0.717, 1.165) is 30.5 Å². The minimum atomic E-state index is -0.144. The van der Waals surface area contributed by atoms with Crippen molar-refractivity contribution in [3.8, 4) is 11.5 Å². The summed E-state index contributed by atoms with van der Waals surface area (Å²) in [5, 5.41) is 23.1. The van der Waals surface area contributed by atoms with E-state index < -0.39 is 0 Å². The molecular weight excluding hydrogens is 214 g/mol. The molecule has 0 bridgehead atoms. The lowest BCUT2D eigenvalue weighted by atomic mass is 9.98. The van der Waals surface area contributed by atoms with Crippen molar-refractivity contribution in [1.82, 2.24) is 5.32 Å². The number of hydrogen-bond donors (Lipinski definition) is 3. The number of phenols is 2. The van der Waals surface area contributed by atoms with Crippen molar-refractivity contribution < 1.29 is 10.2 Å². The van der Waals surface area contributed by atoms with Crippen LogP contribution in [0.25, 0.3) is 0 Å². The molecule has 1 heterocycles. The largest absolute Gasteiger partial charge is 0.504 e. The molecule has 82 valence electrons. The summed E-state index contributed by atoms with van der Waals surface area (Å²) in [5.41, 5.74) is 1.57. The molecule has 15 heavy (non-hydrogen) atoms. The zero-order valence-electron chi connectivity index (χ0n) is 8.55. The van der Waals surface area contributed by atoms with Crippen LogP contribution in [0.1, 0.15) is 30.0 Å². The Labute approximate surface area is 93.7 Å². The third kappa shape index (κ3) is 1.77. The lowest BCUT2D eigenvalue weighted by Gasteiger charge is -2.17. The number of rotatable bonds is 1. The maximum absolute atomic E-state index is 9.81. The Hall–Kier alpha value is -0.930. The van der Waals surface area contributed by atoms with Gasteiger partial charge in [-0.15, -0.1) is 0 Å². The smallest absolute Gasteiger partial charge is 0.162 e. The van der Waals surface area contributed by atoms with E-state index in [1.807, 2.05) is 6.92 Å². The maximum Gasteiger partial charge on any atom is 0.162 e. The van der Waals surface area contributed by atoms with Gasteiger partial charge in [0.15, 0.2) is 11.5 Å². The fourth-order valence-electron chi connectivity index (χ4n) is 2.10. The van der Waals surface area contributed by atoms with E-state index in [-0.39, 0.29) is 17.5 Å². The van der Waals surface area contributed by atoms with Crippen LogP contribution in [0.15, 0.2) is 6.07 Å². The SMILES string of the molecule is Cc1c(Cl)cc(O)c(O)c1C1CCCN1. The molecule has 1 saturated heterocycles. The van der Waals surface area contributed by atoms with Gasteiger partial charge in [-0.2, -0.15) is 0 Å². The van der Waals surface area contributed by atoms with E-state index in [4.69, 9.17) is 11.6 Å². The Kier molecular flexibility index (Phi) is 2.76. The monoisotopic (exact) mass is 227 g/mol. The summed E-state index contributed by atoms with van der Waals surface area (Å²) >= 11 is 5.97. The van der Waals surface area contributed by atoms with Crippen molar-refractivity contribution in [1.29, 1.82) is 0 Å². The fraction of sp³-hybridized carbons (Fsp3) is 0.455. The van der Waals surface area contributed by atoms with Gasteiger partial charge in [-0.3, -0.25) is 0 Å². The normalized spacial score (nSPS) is 20.8. The lowest BCUT2D eigenvalue weighted by Crippen LogP contribution is -2.14. The number of nitrogens with one attached hydrogen (secondary N) is 1. The molecule has 0 spiro atoms. The van der Waals surface area contributed by atoms with E-state index in [0.29, 0.717) is 5.02 Å². The minimum Gasteiger partial charge on any atom is -0.504 e. The Morgan fingerprint density at radius 1 is 1.47 bits per heavy atom.